The zero-order valence-corrected chi connectivity index (χ0v) is 12.2. The number of hydrogen-bond acceptors (Lipinski definition) is 3. The molecule has 1 aliphatic rings. The molecule has 1 amide bonds. The van der Waals surface area contributed by atoms with Gasteiger partial charge in [-0.2, -0.15) is 0 Å². The smallest absolute Gasteiger partial charge is 0.253 e. The van der Waals surface area contributed by atoms with Crippen molar-refractivity contribution < 1.29 is 13.2 Å². The number of hydrogen-bond donors (Lipinski definition) is 1. The molecule has 0 radical (unpaired) electrons. The Kier molecular flexibility index (Phi) is 4.77. The Labute approximate surface area is 119 Å². The Morgan fingerprint density at radius 1 is 0.950 bits per heavy atom. The lowest BCUT2D eigenvalue weighted by Crippen LogP contribution is -2.33. The van der Waals surface area contributed by atoms with Crippen molar-refractivity contribution in [3.05, 3.63) is 29.8 Å². The van der Waals surface area contributed by atoms with Gasteiger partial charge in [-0.1, -0.05) is 19.3 Å². The number of carbonyl (C=O) groups is 1. The van der Waals surface area contributed by atoms with Gasteiger partial charge in [-0.05, 0) is 37.1 Å². The molecule has 0 saturated carbocycles. The number of sulfonamides is 1. The van der Waals surface area contributed by atoms with Gasteiger partial charge in [0.05, 0.1) is 4.90 Å². The Morgan fingerprint density at radius 3 is 1.95 bits per heavy atom. The van der Waals surface area contributed by atoms with Crippen molar-refractivity contribution in [1.82, 2.24) is 4.90 Å². The van der Waals surface area contributed by atoms with E-state index in [0.717, 1.165) is 38.8 Å². The zero-order chi connectivity index (χ0) is 14.6. The Balaban J connectivity index is 2.11. The van der Waals surface area contributed by atoms with Gasteiger partial charge in [0.2, 0.25) is 10.0 Å². The van der Waals surface area contributed by atoms with Gasteiger partial charge in [-0.15, -0.1) is 0 Å². The van der Waals surface area contributed by atoms with Crippen LogP contribution in [0.5, 0.6) is 0 Å². The molecule has 2 N–H and O–H groups in total. The largest absolute Gasteiger partial charge is 0.339 e. The molecule has 0 aliphatic carbocycles. The molecule has 5 nitrogen and oxygen atoms in total. The third kappa shape index (κ3) is 3.80. The van der Waals surface area contributed by atoms with Crippen LogP contribution in [0.15, 0.2) is 29.2 Å². The fraction of sp³-hybridized carbons (Fsp3) is 0.500. The average Bonchev–Trinajstić information content (AvgIpc) is 2.37. The van der Waals surface area contributed by atoms with Crippen LogP contribution >= 0.6 is 0 Å². The first-order valence-electron chi connectivity index (χ1n) is 6.90. The number of nitrogens with zero attached hydrogens (tertiary/aromatic N) is 1. The monoisotopic (exact) mass is 296 g/mol. The minimum atomic E-state index is -3.71. The van der Waals surface area contributed by atoms with Gasteiger partial charge >= 0.3 is 0 Å². The maximum atomic E-state index is 12.4. The lowest BCUT2D eigenvalue weighted by molar-refractivity contribution is 0.0742. The highest BCUT2D eigenvalue weighted by molar-refractivity contribution is 7.89. The average molecular weight is 296 g/mol. The molecule has 20 heavy (non-hydrogen) atoms. The first kappa shape index (κ1) is 15.0. The maximum Gasteiger partial charge on any atom is 0.253 e. The molecule has 2 rings (SSSR count). The third-order valence-corrected chi connectivity index (χ3v) is 4.50. The minimum Gasteiger partial charge on any atom is -0.339 e. The standard InChI is InChI=1S/C14H20N2O3S/c15-20(18,19)13-8-6-12(7-9-13)14(17)16-10-4-2-1-3-5-11-16/h6-9H,1-5,10-11H2,(H2,15,18,19). The summed E-state index contributed by atoms with van der Waals surface area (Å²) in [6, 6.07) is 5.82. The highest BCUT2D eigenvalue weighted by atomic mass is 32.2. The van der Waals surface area contributed by atoms with Gasteiger partial charge in [-0.3, -0.25) is 4.79 Å². The van der Waals surface area contributed by atoms with Gasteiger partial charge in [-0.25, -0.2) is 13.6 Å². The normalized spacial score (nSPS) is 17.4. The van der Waals surface area contributed by atoms with Crippen LogP contribution in [0.4, 0.5) is 0 Å². The summed E-state index contributed by atoms with van der Waals surface area (Å²) in [4.78, 5) is 14.3. The molecule has 0 bridgehead atoms. The molecular weight excluding hydrogens is 276 g/mol. The van der Waals surface area contributed by atoms with Gasteiger partial charge in [0.1, 0.15) is 0 Å². The van der Waals surface area contributed by atoms with Crippen LogP contribution in [-0.2, 0) is 10.0 Å². The topological polar surface area (TPSA) is 80.5 Å². The van der Waals surface area contributed by atoms with E-state index >= 15 is 0 Å². The van der Waals surface area contributed by atoms with Crippen LogP contribution in [0.1, 0.15) is 42.5 Å². The van der Waals surface area contributed by atoms with Crippen LogP contribution in [-0.4, -0.2) is 32.3 Å². The fourth-order valence-electron chi connectivity index (χ4n) is 2.42. The van der Waals surface area contributed by atoms with Crippen molar-refractivity contribution in [1.29, 1.82) is 0 Å². The first-order chi connectivity index (χ1) is 9.48. The van der Waals surface area contributed by atoms with E-state index in [0.29, 0.717) is 5.56 Å². The van der Waals surface area contributed by atoms with E-state index in [4.69, 9.17) is 5.14 Å². The number of primary sulfonamides is 1. The molecule has 1 saturated heterocycles. The Bertz CT molecular complexity index is 559. The molecule has 0 atom stereocenters. The van der Waals surface area contributed by atoms with Crippen molar-refractivity contribution in [2.75, 3.05) is 13.1 Å². The Hall–Kier alpha value is -1.40. The minimum absolute atomic E-state index is 0.0294. The van der Waals surface area contributed by atoms with Crippen molar-refractivity contribution in [3.8, 4) is 0 Å². The summed E-state index contributed by atoms with van der Waals surface area (Å²) in [5.74, 6) is -0.0344. The third-order valence-electron chi connectivity index (χ3n) is 3.57. The Morgan fingerprint density at radius 2 is 1.45 bits per heavy atom. The summed E-state index contributed by atoms with van der Waals surface area (Å²) >= 11 is 0. The first-order valence-corrected chi connectivity index (χ1v) is 8.45. The van der Waals surface area contributed by atoms with Crippen LogP contribution < -0.4 is 5.14 Å². The summed E-state index contributed by atoms with van der Waals surface area (Å²) < 4.78 is 22.4. The van der Waals surface area contributed by atoms with Gasteiger partial charge in [0.15, 0.2) is 0 Å². The lowest BCUT2D eigenvalue weighted by Gasteiger charge is -2.24. The van der Waals surface area contributed by atoms with Crippen LogP contribution in [0.25, 0.3) is 0 Å². The van der Waals surface area contributed by atoms with E-state index in [1.54, 1.807) is 0 Å². The number of benzene rings is 1. The van der Waals surface area contributed by atoms with E-state index in [9.17, 15) is 13.2 Å². The molecule has 1 aliphatic heterocycles. The molecule has 6 heteroatoms. The molecule has 1 fully saturated rings. The molecule has 1 aromatic carbocycles. The summed E-state index contributed by atoms with van der Waals surface area (Å²) in [7, 11) is -3.71. The molecule has 0 aromatic heterocycles. The van der Waals surface area contributed by atoms with Crippen molar-refractivity contribution in [3.63, 3.8) is 0 Å². The van der Waals surface area contributed by atoms with Crippen molar-refractivity contribution in [2.45, 2.75) is 37.0 Å². The van der Waals surface area contributed by atoms with E-state index in [2.05, 4.69) is 0 Å². The quantitative estimate of drug-likeness (QED) is 0.902. The molecule has 1 aromatic rings. The SMILES string of the molecule is NS(=O)(=O)c1ccc(C(=O)N2CCCCCCC2)cc1. The highest BCUT2D eigenvalue weighted by Crippen LogP contribution is 2.15. The summed E-state index contributed by atoms with van der Waals surface area (Å²) in [6.07, 6.45) is 5.62. The molecule has 0 unspecified atom stereocenters. The fourth-order valence-corrected chi connectivity index (χ4v) is 2.94. The van der Waals surface area contributed by atoms with E-state index in [1.165, 1.54) is 30.7 Å². The maximum absolute atomic E-state index is 12.4. The second-order valence-electron chi connectivity index (χ2n) is 5.13. The summed E-state index contributed by atoms with van der Waals surface area (Å²) in [6.45, 7) is 1.55. The lowest BCUT2D eigenvalue weighted by atomic mass is 10.1. The van der Waals surface area contributed by atoms with E-state index < -0.39 is 10.0 Å². The van der Waals surface area contributed by atoms with Gasteiger partial charge in [0.25, 0.3) is 5.91 Å². The van der Waals surface area contributed by atoms with Crippen LogP contribution in [0, 0.1) is 0 Å². The van der Waals surface area contributed by atoms with Gasteiger partial charge < -0.3 is 4.90 Å². The van der Waals surface area contributed by atoms with Crippen LogP contribution in [0.3, 0.4) is 0 Å². The second kappa shape index (κ2) is 6.37. The predicted molar refractivity (Wildman–Crippen MR) is 76.8 cm³/mol. The summed E-state index contributed by atoms with van der Waals surface area (Å²) in [5, 5.41) is 5.04. The molecule has 110 valence electrons. The zero-order valence-electron chi connectivity index (χ0n) is 11.4. The highest BCUT2D eigenvalue weighted by Gasteiger charge is 2.17. The van der Waals surface area contributed by atoms with Crippen LogP contribution in [0.2, 0.25) is 0 Å². The number of rotatable bonds is 2. The summed E-state index contributed by atoms with van der Waals surface area (Å²) in [5.41, 5.74) is 0.512. The number of carbonyl (C=O) groups excluding carboxylic acids is 1. The molecule has 1 heterocycles. The number of likely N-dealkylation sites (tertiary alicyclic amines) is 1. The van der Waals surface area contributed by atoms with Crippen molar-refractivity contribution in [2.24, 2.45) is 5.14 Å². The van der Waals surface area contributed by atoms with E-state index in [1.807, 2.05) is 4.90 Å². The molecular formula is C14H20N2O3S. The van der Waals surface area contributed by atoms with Gasteiger partial charge in [0, 0.05) is 18.7 Å². The predicted octanol–water partition coefficient (Wildman–Crippen LogP) is 1.74. The van der Waals surface area contributed by atoms with E-state index in [-0.39, 0.29) is 10.8 Å². The van der Waals surface area contributed by atoms with Crippen molar-refractivity contribution >= 4 is 15.9 Å². The molecule has 0 spiro atoms. The number of amides is 1. The number of nitrogens with two attached hydrogens (primary N) is 1. The second-order valence-corrected chi connectivity index (χ2v) is 6.69.